The number of nitrogens with one attached hydrogen (secondary N) is 2. The molecule has 0 aromatic rings. The first-order valence-electron chi connectivity index (χ1n) is 15.8. The first-order valence-corrected chi connectivity index (χ1v) is 16.7. The average Bonchev–Trinajstić information content (AvgIpc) is 3.39. The van der Waals surface area contributed by atoms with Crippen LogP contribution in [0.3, 0.4) is 0 Å². The van der Waals surface area contributed by atoms with Crippen molar-refractivity contribution in [2.45, 2.75) is 98.8 Å². The normalized spacial score (nSPS) is 17.1. The van der Waals surface area contributed by atoms with E-state index < -0.39 is 12.1 Å². The molecule has 1 rings (SSSR count). The highest BCUT2D eigenvalue weighted by molar-refractivity contribution is 8.14. The summed E-state index contributed by atoms with van der Waals surface area (Å²) in [6.07, 6.45) is 3.31. The number of carbonyl (C=O) groups is 5. The highest BCUT2D eigenvalue weighted by Crippen LogP contribution is 2.31. The van der Waals surface area contributed by atoms with Crippen molar-refractivity contribution >= 4 is 46.4 Å². The molecule has 0 aromatic carbocycles. The summed E-state index contributed by atoms with van der Waals surface area (Å²) in [7, 11) is 2.98. The van der Waals surface area contributed by atoms with Crippen molar-refractivity contribution in [2.24, 2.45) is 16.3 Å². The molecule has 0 aromatic heterocycles. The molecule has 0 spiro atoms. The molecule has 0 radical (unpaired) electrons. The predicted octanol–water partition coefficient (Wildman–Crippen LogP) is 2.54. The minimum atomic E-state index is -0.630. The van der Waals surface area contributed by atoms with Crippen molar-refractivity contribution in [1.82, 2.24) is 20.4 Å². The number of aliphatic imine (C=N–C) groups is 1. The van der Waals surface area contributed by atoms with Crippen molar-refractivity contribution in [1.29, 1.82) is 0 Å². The summed E-state index contributed by atoms with van der Waals surface area (Å²) in [4.78, 5) is 68.5. The molecule has 3 N–H and O–H groups in total. The second kappa shape index (κ2) is 19.6. The van der Waals surface area contributed by atoms with Gasteiger partial charge in [-0.05, 0) is 37.5 Å². The largest absolute Gasteiger partial charge is 0.460 e. The smallest absolute Gasteiger partial charge is 0.325 e. The zero-order valence-corrected chi connectivity index (χ0v) is 29.4. The zero-order valence-electron chi connectivity index (χ0n) is 28.6. The van der Waals surface area contributed by atoms with Crippen LogP contribution in [-0.4, -0.2) is 114 Å². The van der Waals surface area contributed by atoms with Crippen LogP contribution in [0.1, 0.15) is 80.6 Å². The van der Waals surface area contributed by atoms with Gasteiger partial charge in [0.2, 0.25) is 23.6 Å². The van der Waals surface area contributed by atoms with Crippen LogP contribution in [0, 0.1) is 11.3 Å². The number of nitrogens with zero attached hydrogens (tertiary/aromatic N) is 3. The second-order valence-electron chi connectivity index (χ2n) is 12.8. The number of ether oxygens (including phenoxy) is 1. The fourth-order valence-corrected chi connectivity index (χ4v) is 5.80. The maximum Gasteiger partial charge on any atom is 0.325 e. The monoisotopic (exact) mass is 653 g/mol. The summed E-state index contributed by atoms with van der Waals surface area (Å²) >= 11 is 1.54. The van der Waals surface area contributed by atoms with E-state index in [1.807, 2.05) is 34.6 Å². The Morgan fingerprint density at radius 3 is 2.38 bits per heavy atom. The van der Waals surface area contributed by atoms with Gasteiger partial charge in [0, 0.05) is 44.8 Å². The lowest BCUT2D eigenvalue weighted by Gasteiger charge is -2.33. The molecule has 1 aliphatic heterocycles. The van der Waals surface area contributed by atoms with Crippen LogP contribution >= 0.6 is 11.8 Å². The van der Waals surface area contributed by atoms with Crippen LogP contribution in [0.2, 0.25) is 0 Å². The van der Waals surface area contributed by atoms with E-state index in [9.17, 15) is 29.1 Å². The molecule has 0 aliphatic carbocycles. The van der Waals surface area contributed by atoms with Gasteiger partial charge >= 0.3 is 5.97 Å². The number of likely N-dealkylation sites (N-methyl/N-ethyl adjacent to an activating group) is 2. The molecule has 4 amide bonds. The summed E-state index contributed by atoms with van der Waals surface area (Å²) in [6.45, 7) is 13.6. The van der Waals surface area contributed by atoms with Crippen molar-refractivity contribution < 1.29 is 33.8 Å². The Balaban J connectivity index is 2.65. The van der Waals surface area contributed by atoms with Crippen LogP contribution in [0.25, 0.3) is 0 Å². The summed E-state index contributed by atoms with van der Waals surface area (Å²) in [6, 6.07) is -0.219. The predicted molar refractivity (Wildman–Crippen MR) is 178 cm³/mol. The van der Waals surface area contributed by atoms with Crippen LogP contribution in [-0.2, 0) is 28.7 Å². The van der Waals surface area contributed by atoms with E-state index in [1.165, 1.54) is 19.0 Å². The molecule has 1 aliphatic rings. The van der Waals surface area contributed by atoms with Crippen LogP contribution in [0.5, 0.6) is 0 Å². The Morgan fingerprint density at radius 1 is 1.13 bits per heavy atom. The highest BCUT2D eigenvalue weighted by Gasteiger charge is 2.32. The molecule has 0 fully saturated rings. The quantitative estimate of drug-likeness (QED) is 0.151. The molecular weight excluding hydrogens is 598 g/mol. The molecule has 45 heavy (non-hydrogen) atoms. The number of hydrogen-bond donors (Lipinski definition) is 3. The van der Waals surface area contributed by atoms with Gasteiger partial charge in [0.05, 0.1) is 30.3 Å². The number of rotatable bonds is 18. The number of amides is 4. The highest BCUT2D eigenvalue weighted by atomic mass is 32.2. The summed E-state index contributed by atoms with van der Waals surface area (Å²) in [5, 5.41) is 16.7. The molecule has 0 bridgehead atoms. The van der Waals surface area contributed by atoms with Crippen LogP contribution in [0.15, 0.2) is 16.6 Å². The SMILES string of the molecule is CCCN(CC(=O)OC(C[C@@H](C)CC(O)CC1=NC(/C=C(\C)C(=O)NCC(=O)N(C)CC(=O)NC)CS1)C(C)(C)C)C(=O)CC. The van der Waals surface area contributed by atoms with Gasteiger partial charge in [-0.3, -0.25) is 29.0 Å². The molecule has 0 saturated carbocycles. The number of hydrogen-bond acceptors (Lipinski definition) is 9. The van der Waals surface area contributed by atoms with E-state index >= 15 is 0 Å². The molecule has 0 saturated heterocycles. The van der Waals surface area contributed by atoms with Gasteiger partial charge in [-0.1, -0.05) is 47.6 Å². The Kier molecular flexibility index (Phi) is 17.4. The Morgan fingerprint density at radius 2 is 1.80 bits per heavy atom. The maximum atomic E-state index is 12.8. The van der Waals surface area contributed by atoms with Crippen LogP contribution in [0.4, 0.5) is 0 Å². The van der Waals surface area contributed by atoms with Gasteiger partial charge in [-0.25, -0.2) is 0 Å². The zero-order chi connectivity index (χ0) is 34.3. The number of thioether (sulfide) groups is 1. The van der Waals surface area contributed by atoms with Gasteiger partial charge < -0.3 is 30.3 Å². The van der Waals surface area contributed by atoms with E-state index in [-0.39, 0.29) is 66.7 Å². The van der Waals surface area contributed by atoms with Crippen molar-refractivity contribution in [2.75, 3.05) is 46.0 Å². The second-order valence-corrected chi connectivity index (χ2v) is 13.9. The fourth-order valence-electron chi connectivity index (χ4n) is 4.74. The lowest BCUT2D eigenvalue weighted by Crippen LogP contribution is -2.42. The van der Waals surface area contributed by atoms with Crippen molar-refractivity contribution in [3.05, 3.63) is 11.6 Å². The molecule has 256 valence electrons. The standard InChI is InChI=1S/C32H55N5O7S/c1-10-12-37(28(40)11-2)19-30(42)44-25(32(5,6)7)14-21(3)13-24(38)16-27-35-23(20-45-27)15-22(4)31(43)34-17-29(41)36(9)18-26(39)33-8/h15,21,23-25,38H,10-14,16-20H2,1-9H3,(H,33,39)(H,34,43)/b22-15+/t21-,23?,24?,25?/m0/s1. The first-order chi connectivity index (χ1) is 21.0. The first kappa shape index (κ1) is 40.1. The lowest BCUT2D eigenvalue weighted by molar-refractivity contribution is -0.160. The van der Waals surface area contributed by atoms with Crippen molar-refractivity contribution in [3.63, 3.8) is 0 Å². The van der Waals surface area contributed by atoms with Gasteiger partial charge in [0.15, 0.2) is 0 Å². The molecule has 4 atom stereocenters. The third kappa shape index (κ3) is 15.3. The fraction of sp³-hybridized carbons (Fsp3) is 0.750. The van der Waals surface area contributed by atoms with E-state index in [2.05, 4.69) is 15.6 Å². The Hall–Kier alpha value is -2.93. The number of esters is 1. The molecule has 12 nitrogen and oxygen atoms in total. The van der Waals surface area contributed by atoms with Gasteiger partial charge in [0.1, 0.15) is 12.6 Å². The van der Waals surface area contributed by atoms with Gasteiger partial charge in [-0.2, -0.15) is 0 Å². The minimum absolute atomic E-state index is 0.0628. The number of aliphatic hydroxyl groups excluding tert-OH is 1. The summed E-state index contributed by atoms with van der Waals surface area (Å²) < 4.78 is 5.89. The number of carbonyl (C=O) groups excluding carboxylic acids is 5. The maximum absolute atomic E-state index is 12.8. The van der Waals surface area contributed by atoms with E-state index in [4.69, 9.17) is 4.74 Å². The summed E-state index contributed by atoms with van der Waals surface area (Å²) in [5.74, 6) is -0.848. The van der Waals surface area contributed by atoms with Crippen LogP contribution < -0.4 is 10.6 Å². The minimum Gasteiger partial charge on any atom is -0.460 e. The van der Waals surface area contributed by atoms with E-state index in [0.717, 1.165) is 11.5 Å². The van der Waals surface area contributed by atoms with E-state index in [1.54, 1.807) is 36.6 Å². The topological polar surface area (TPSA) is 158 Å². The Labute approximate surface area is 273 Å². The third-order valence-electron chi connectivity index (χ3n) is 7.43. The van der Waals surface area contributed by atoms with Gasteiger partial charge in [-0.15, -0.1) is 11.8 Å². The third-order valence-corrected chi connectivity index (χ3v) is 8.54. The lowest BCUT2D eigenvalue weighted by atomic mass is 9.82. The average molecular weight is 654 g/mol. The molecule has 3 unspecified atom stereocenters. The Bertz CT molecular complexity index is 1090. The molecule has 1 heterocycles. The van der Waals surface area contributed by atoms with Crippen molar-refractivity contribution in [3.8, 4) is 0 Å². The van der Waals surface area contributed by atoms with Gasteiger partial charge in [0.25, 0.3) is 0 Å². The molecular formula is C32H55N5O7S. The van der Waals surface area contributed by atoms with E-state index in [0.29, 0.717) is 43.6 Å². The number of aliphatic hydroxyl groups is 1. The molecule has 13 heteroatoms. The summed E-state index contributed by atoms with van der Waals surface area (Å²) in [5.41, 5.74) is 0.115.